The van der Waals surface area contributed by atoms with Gasteiger partial charge in [0.25, 0.3) is 0 Å². The van der Waals surface area contributed by atoms with Crippen LogP contribution in [0.3, 0.4) is 0 Å². The fourth-order valence-corrected chi connectivity index (χ4v) is 8.74. The lowest BCUT2D eigenvalue weighted by Gasteiger charge is -2.12. The van der Waals surface area contributed by atoms with Crippen molar-refractivity contribution in [1.29, 1.82) is 0 Å². The molecule has 0 aromatic rings. The highest BCUT2D eigenvalue weighted by Crippen LogP contribution is 2.21. The van der Waals surface area contributed by atoms with Gasteiger partial charge in [-0.05, 0) is 12.8 Å². The third-order valence-corrected chi connectivity index (χ3v) is 12.7. The highest BCUT2D eigenvalue weighted by Gasteiger charge is 2.16. The van der Waals surface area contributed by atoms with Crippen LogP contribution in [-0.2, 0) is 4.79 Å². The van der Waals surface area contributed by atoms with E-state index in [0.717, 1.165) is 25.7 Å². The van der Waals surface area contributed by atoms with Gasteiger partial charge in [0, 0.05) is 0 Å². The van der Waals surface area contributed by atoms with Crippen LogP contribution in [-0.4, -0.2) is 11.1 Å². The summed E-state index contributed by atoms with van der Waals surface area (Å²) in [6, 6.07) is 0. The van der Waals surface area contributed by atoms with E-state index in [1.807, 2.05) is 0 Å². The third-order valence-electron chi connectivity index (χ3n) is 12.7. The molecule has 0 saturated heterocycles. The van der Waals surface area contributed by atoms with Gasteiger partial charge in [0.2, 0.25) is 0 Å². The lowest BCUT2D eigenvalue weighted by atomic mass is 9.94. The standard InChI is InChI=1S/C52H104O2/c1-3-5-7-9-11-13-15-17-19-21-23-25-26-27-28-29-30-32-34-36-38-40-42-44-46-48-50-51(52(53)54)49-47-45-43-41-39-37-35-33-31-24-22-20-18-16-14-12-10-8-6-4-2/h51H,3-50H2,1-2H3,(H,53,54). The normalized spacial score (nSPS) is 12.2. The molecule has 54 heavy (non-hydrogen) atoms. The van der Waals surface area contributed by atoms with E-state index in [2.05, 4.69) is 13.8 Å². The van der Waals surface area contributed by atoms with Crippen LogP contribution in [0.4, 0.5) is 0 Å². The number of unbranched alkanes of at least 4 members (excludes halogenated alkanes) is 44. The highest BCUT2D eigenvalue weighted by atomic mass is 16.4. The Balaban J connectivity index is 3.31. The van der Waals surface area contributed by atoms with E-state index in [1.54, 1.807) is 0 Å². The minimum Gasteiger partial charge on any atom is -0.481 e. The summed E-state index contributed by atoms with van der Waals surface area (Å²) >= 11 is 0. The number of aliphatic carboxylic acids is 1. The number of hydrogen-bond donors (Lipinski definition) is 1. The van der Waals surface area contributed by atoms with Gasteiger partial charge < -0.3 is 5.11 Å². The van der Waals surface area contributed by atoms with Crippen molar-refractivity contribution in [3.05, 3.63) is 0 Å². The lowest BCUT2D eigenvalue weighted by molar-refractivity contribution is -0.142. The van der Waals surface area contributed by atoms with E-state index in [9.17, 15) is 9.90 Å². The van der Waals surface area contributed by atoms with Crippen molar-refractivity contribution in [2.75, 3.05) is 0 Å². The number of rotatable bonds is 49. The first-order valence-corrected chi connectivity index (χ1v) is 25.9. The Morgan fingerprint density at radius 3 is 0.519 bits per heavy atom. The molecule has 324 valence electrons. The zero-order chi connectivity index (χ0) is 39.1. The Morgan fingerprint density at radius 1 is 0.259 bits per heavy atom. The molecular weight excluding hydrogens is 657 g/mol. The van der Waals surface area contributed by atoms with Crippen LogP contribution in [0, 0.1) is 5.92 Å². The maximum atomic E-state index is 11.8. The summed E-state index contributed by atoms with van der Waals surface area (Å²) in [4.78, 5) is 11.8. The predicted octanol–water partition coefficient (Wildman–Crippen LogP) is 19.5. The molecule has 0 spiro atoms. The Bertz CT molecular complexity index is 673. The molecule has 2 nitrogen and oxygen atoms in total. The van der Waals surface area contributed by atoms with E-state index in [1.165, 1.54) is 283 Å². The van der Waals surface area contributed by atoms with E-state index >= 15 is 0 Å². The van der Waals surface area contributed by atoms with Gasteiger partial charge in [-0.15, -0.1) is 0 Å². The van der Waals surface area contributed by atoms with Gasteiger partial charge in [0.15, 0.2) is 0 Å². The Hall–Kier alpha value is -0.530. The van der Waals surface area contributed by atoms with E-state index < -0.39 is 5.97 Å². The van der Waals surface area contributed by atoms with Gasteiger partial charge in [0.1, 0.15) is 0 Å². The van der Waals surface area contributed by atoms with Gasteiger partial charge in [0.05, 0.1) is 5.92 Å². The van der Waals surface area contributed by atoms with Crippen LogP contribution in [0.2, 0.25) is 0 Å². The van der Waals surface area contributed by atoms with E-state index in [-0.39, 0.29) is 5.92 Å². The monoisotopic (exact) mass is 761 g/mol. The smallest absolute Gasteiger partial charge is 0.306 e. The molecule has 1 atom stereocenters. The molecular formula is C52H104O2. The van der Waals surface area contributed by atoms with Crippen molar-refractivity contribution in [3.8, 4) is 0 Å². The fourth-order valence-electron chi connectivity index (χ4n) is 8.74. The third kappa shape index (κ3) is 45.9. The first-order chi connectivity index (χ1) is 26.7. The molecule has 0 aliphatic carbocycles. The van der Waals surface area contributed by atoms with Crippen molar-refractivity contribution in [3.63, 3.8) is 0 Å². The van der Waals surface area contributed by atoms with Gasteiger partial charge >= 0.3 is 5.97 Å². The average molecular weight is 761 g/mol. The summed E-state index contributed by atoms with van der Waals surface area (Å²) < 4.78 is 0. The van der Waals surface area contributed by atoms with Crippen LogP contribution in [0.1, 0.15) is 322 Å². The Kier molecular flexibility index (Phi) is 48.1. The summed E-state index contributed by atoms with van der Waals surface area (Å²) in [5, 5.41) is 9.72. The van der Waals surface area contributed by atoms with E-state index in [4.69, 9.17) is 0 Å². The van der Waals surface area contributed by atoms with Crippen molar-refractivity contribution in [1.82, 2.24) is 0 Å². The fraction of sp³-hybridized carbons (Fsp3) is 0.981. The summed E-state index contributed by atoms with van der Waals surface area (Å²) in [6.07, 6.45) is 66.5. The zero-order valence-corrected chi connectivity index (χ0v) is 37.9. The number of hydrogen-bond acceptors (Lipinski definition) is 1. The molecule has 0 rings (SSSR count). The molecule has 0 amide bonds. The zero-order valence-electron chi connectivity index (χ0n) is 37.9. The maximum absolute atomic E-state index is 11.8. The van der Waals surface area contributed by atoms with Crippen LogP contribution in [0.25, 0.3) is 0 Å². The number of carbonyl (C=O) groups is 1. The molecule has 0 heterocycles. The SMILES string of the molecule is CCCCCCCCCCCCCCCCCCCCCCCCCCCCC(CCCCCCCCCCCCCCCCCCCCCC)C(=O)O. The highest BCUT2D eigenvalue weighted by molar-refractivity contribution is 5.69. The van der Waals surface area contributed by atoms with Crippen LogP contribution < -0.4 is 0 Å². The number of carboxylic acid groups (broad SMARTS) is 1. The molecule has 0 saturated carbocycles. The first kappa shape index (κ1) is 53.5. The van der Waals surface area contributed by atoms with Crippen molar-refractivity contribution >= 4 is 5.97 Å². The van der Waals surface area contributed by atoms with Crippen molar-refractivity contribution in [2.24, 2.45) is 5.92 Å². The second-order valence-corrected chi connectivity index (χ2v) is 18.2. The molecule has 0 aromatic carbocycles. The average Bonchev–Trinajstić information content (AvgIpc) is 3.17. The molecule has 0 aliphatic rings. The van der Waals surface area contributed by atoms with Crippen LogP contribution in [0.15, 0.2) is 0 Å². The summed E-state index contributed by atoms with van der Waals surface area (Å²) in [5.41, 5.74) is 0. The molecule has 1 unspecified atom stereocenters. The van der Waals surface area contributed by atoms with Gasteiger partial charge in [-0.1, -0.05) is 309 Å². The molecule has 0 radical (unpaired) electrons. The largest absolute Gasteiger partial charge is 0.481 e. The molecule has 0 aliphatic heterocycles. The van der Waals surface area contributed by atoms with Crippen LogP contribution in [0.5, 0.6) is 0 Å². The number of carboxylic acids is 1. The van der Waals surface area contributed by atoms with Gasteiger partial charge in [-0.2, -0.15) is 0 Å². The quantitative estimate of drug-likeness (QED) is 0.0627. The van der Waals surface area contributed by atoms with Crippen LogP contribution >= 0.6 is 0 Å². The minimum atomic E-state index is -0.549. The first-order valence-electron chi connectivity index (χ1n) is 25.9. The molecule has 1 N–H and O–H groups in total. The topological polar surface area (TPSA) is 37.3 Å². The van der Waals surface area contributed by atoms with Crippen molar-refractivity contribution in [2.45, 2.75) is 322 Å². The van der Waals surface area contributed by atoms with Gasteiger partial charge in [-0.25, -0.2) is 0 Å². The molecule has 0 bridgehead atoms. The summed E-state index contributed by atoms with van der Waals surface area (Å²) in [6.45, 7) is 4.60. The van der Waals surface area contributed by atoms with Gasteiger partial charge in [-0.3, -0.25) is 4.79 Å². The second kappa shape index (κ2) is 48.6. The lowest BCUT2D eigenvalue weighted by Crippen LogP contribution is -2.13. The van der Waals surface area contributed by atoms with E-state index in [0.29, 0.717) is 0 Å². The maximum Gasteiger partial charge on any atom is 0.306 e. The molecule has 2 heteroatoms. The van der Waals surface area contributed by atoms with Crippen molar-refractivity contribution < 1.29 is 9.90 Å². The minimum absolute atomic E-state index is 0.102. The molecule has 0 aromatic heterocycles. The Morgan fingerprint density at radius 2 is 0.389 bits per heavy atom. The second-order valence-electron chi connectivity index (χ2n) is 18.2. The Labute approximate surface area is 342 Å². The summed E-state index contributed by atoms with van der Waals surface area (Å²) in [7, 11) is 0. The predicted molar refractivity (Wildman–Crippen MR) is 244 cm³/mol. The molecule has 0 fully saturated rings. The summed E-state index contributed by atoms with van der Waals surface area (Å²) in [5.74, 6) is -0.651.